The van der Waals surface area contributed by atoms with Crippen molar-refractivity contribution >= 4 is 5.84 Å². The molecule has 5 nitrogen and oxygen atoms in total. The average Bonchev–Trinajstić information content (AvgIpc) is 2.54. The number of nitrogens with zero attached hydrogens (tertiary/aromatic N) is 2. The van der Waals surface area contributed by atoms with E-state index in [1.165, 1.54) is 18.4 Å². The number of amidine groups is 1. The molecule has 0 amide bonds. The molecule has 110 valence electrons. The third-order valence-electron chi connectivity index (χ3n) is 3.09. The summed E-state index contributed by atoms with van der Waals surface area (Å²) < 4.78 is 5.76. The zero-order valence-electron chi connectivity index (χ0n) is 12.0. The SMILES string of the molecule is CCCCc1ccc(Oc2cccnc2/C(N)=N/O)cc1. The Morgan fingerprint density at radius 2 is 2.05 bits per heavy atom. The Balaban J connectivity index is 2.15. The minimum Gasteiger partial charge on any atom is -0.455 e. The smallest absolute Gasteiger partial charge is 0.192 e. The molecule has 0 saturated carbocycles. The van der Waals surface area contributed by atoms with Gasteiger partial charge in [0.15, 0.2) is 17.3 Å². The first-order valence-corrected chi connectivity index (χ1v) is 6.94. The summed E-state index contributed by atoms with van der Waals surface area (Å²) in [5.74, 6) is 1.06. The van der Waals surface area contributed by atoms with Crippen LogP contribution >= 0.6 is 0 Å². The number of nitrogens with two attached hydrogens (primary N) is 1. The number of rotatable bonds is 6. The summed E-state index contributed by atoms with van der Waals surface area (Å²) in [4.78, 5) is 4.06. The Morgan fingerprint density at radius 3 is 2.71 bits per heavy atom. The van der Waals surface area contributed by atoms with Crippen molar-refractivity contribution in [2.24, 2.45) is 10.9 Å². The van der Waals surface area contributed by atoms with Gasteiger partial charge in [0.25, 0.3) is 0 Å². The van der Waals surface area contributed by atoms with Crippen LogP contribution in [0.3, 0.4) is 0 Å². The van der Waals surface area contributed by atoms with Gasteiger partial charge in [0.2, 0.25) is 0 Å². The van der Waals surface area contributed by atoms with Gasteiger partial charge in [-0.15, -0.1) is 0 Å². The quantitative estimate of drug-likeness (QED) is 0.369. The van der Waals surface area contributed by atoms with Crippen molar-refractivity contribution in [1.82, 2.24) is 4.98 Å². The van der Waals surface area contributed by atoms with Crippen LogP contribution in [-0.4, -0.2) is 16.0 Å². The molecule has 3 N–H and O–H groups in total. The summed E-state index contributed by atoms with van der Waals surface area (Å²) in [6.07, 6.45) is 4.99. The normalized spacial score (nSPS) is 11.4. The van der Waals surface area contributed by atoms with Crippen LogP contribution in [0.2, 0.25) is 0 Å². The summed E-state index contributed by atoms with van der Waals surface area (Å²) in [6, 6.07) is 11.4. The molecule has 0 atom stereocenters. The van der Waals surface area contributed by atoms with E-state index in [-0.39, 0.29) is 5.84 Å². The molecule has 0 saturated heterocycles. The second kappa shape index (κ2) is 7.28. The van der Waals surface area contributed by atoms with Crippen LogP contribution in [0, 0.1) is 0 Å². The highest BCUT2D eigenvalue weighted by molar-refractivity contribution is 5.97. The van der Waals surface area contributed by atoms with Gasteiger partial charge in [-0.3, -0.25) is 0 Å². The Labute approximate surface area is 124 Å². The van der Waals surface area contributed by atoms with Crippen molar-refractivity contribution in [3.63, 3.8) is 0 Å². The molecular formula is C16H19N3O2. The van der Waals surface area contributed by atoms with Crippen molar-refractivity contribution in [2.45, 2.75) is 26.2 Å². The number of hydrogen-bond donors (Lipinski definition) is 2. The van der Waals surface area contributed by atoms with Crippen LogP contribution in [0.5, 0.6) is 11.5 Å². The van der Waals surface area contributed by atoms with Crippen molar-refractivity contribution in [3.8, 4) is 11.5 Å². The van der Waals surface area contributed by atoms with Gasteiger partial charge in [0, 0.05) is 6.20 Å². The first-order chi connectivity index (χ1) is 10.2. The Bertz CT molecular complexity index is 609. The molecule has 1 heterocycles. The fourth-order valence-corrected chi connectivity index (χ4v) is 1.94. The number of oxime groups is 1. The predicted molar refractivity (Wildman–Crippen MR) is 81.9 cm³/mol. The van der Waals surface area contributed by atoms with Gasteiger partial charge in [0.1, 0.15) is 5.75 Å². The van der Waals surface area contributed by atoms with E-state index in [0.717, 1.165) is 6.42 Å². The van der Waals surface area contributed by atoms with Crippen LogP contribution < -0.4 is 10.5 Å². The van der Waals surface area contributed by atoms with Gasteiger partial charge in [0.05, 0.1) is 0 Å². The summed E-state index contributed by atoms with van der Waals surface area (Å²) >= 11 is 0. The molecule has 0 unspecified atom stereocenters. The maximum atomic E-state index is 8.76. The van der Waals surface area contributed by atoms with Gasteiger partial charge in [-0.1, -0.05) is 30.6 Å². The topological polar surface area (TPSA) is 80.7 Å². The van der Waals surface area contributed by atoms with E-state index >= 15 is 0 Å². The van der Waals surface area contributed by atoms with Gasteiger partial charge in [-0.05, 0) is 42.7 Å². The molecule has 5 heteroatoms. The fraction of sp³-hybridized carbons (Fsp3) is 0.250. The third kappa shape index (κ3) is 3.95. The van der Waals surface area contributed by atoms with Crippen LogP contribution in [0.4, 0.5) is 0 Å². The average molecular weight is 285 g/mol. The van der Waals surface area contributed by atoms with Crippen LogP contribution in [-0.2, 0) is 6.42 Å². The minimum absolute atomic E-state index is 0.0786. The molecule has 2 aromatic rings. The monoisotopic (exact) mass is 285 g/mol. The van der Waals surface area contributed by atoms with Crippen molar-refractivity contribution < 1.29 is 9.94 Å². The molecule has 0 aliphatic rings. The predicted octanol–water partition coefficient (Wildman–Crippen LogP) is 3.31. The summed E-state index contributed by atoms with van der Waals surface area (Å²) in [7, 11) is 0. The molecule has 1 aromatic heterocycles. The van der Waals surface area contributed by atoms with Crippen LogP contribution in [0.15, 0.2) is 47.8 Å². The zero-order valence-corrected chi connectivity index (χ0v) is 12.0. The lowest BCUT2D eigenvalue weighted by molar-refractivity contribution is 0.318. The van der Waals surface area contributed by atoms with Gasteiger partial charge < -0.3 is 15.7 Å². The minimum atomic E-state index is -0.0786. The van der Waals surface area contributed by atoms with Gasteiger partial charge >= 0.3 is 0 Å². The largest absolute Gasteiger partial charge is 0.455 e. The molecule has 21 heavy (non-hydrogen) atoms. The number of aryl methyl sites for hydroxylation is 1. The summed E-state index contributed by atoms with van der Waals surface area (Å²) in [5.41, 5.74) is 7.18. The Morgan fingerprint density at radius 1 is 1.29 bits per heavy atom. The lowest BCUT2D eigenvalue weighted by Gasteiger charge is -2.09. The molecule has 0 bridgehead atoms. The third-order valence-corrected chi connectivity index (χ3v) is 3.09. The number of hydrogen-bond acceptors (Lipinski definition) is 4. The summed E-state index contributed by atoms with van der Waals surface area (Å²) in [5, 5.41) is 11.7. The highest BCUT2D eigenvalue weighted by Crippen LogP contribution is 2.24. The molecule has 0 spiro atoms. The Hall–Kier alpha value is -2.56. The first-order valence-electron chi connectivity index (χ1n) is 6.94. The van der Waals surface area contributed by atoms with E-state index in [2.05, 4.69) is 17.1 Å². The summed E-state index contributed by atoms with van der Waals surface area (Å²) in [6.45, 7) is 2.18. The number of pyridine rings is 1. The van der Waals surface area contributed by atoms with E-state index in [1.807, 2.05) is 24.3 Å². The number of benzene rings is 1. The van der Waals surface area contributed by atoms with E-state index in [1.54, 1.807) is 18.3 Å². The van der Waals surface area contributed by atoms with Crippen LogP contribution in [0.1, 0.15) is 31.0 Å². The molecule has 1 aromatic carbocycles. The van der Waals surface area contributed by atoms with E-state index < -0.39 is 0 Å². The van der Waals surface area contributed by atoms with Gasteiger partial charge in [-0.2, -0.15) is 0 Å². The lowest BCUT2D eigenvalue weighted by Crippen LogP contribution is -2.15. The van der Waals surface area contributed by atoms with Crippen LogP contribution in [0.25, 0.3) is 0 Å². The highest BCUT2D eigenvalue weighted by Gasteiger charge is 2.10. The maximum absolute atomic E-state index is 8.76. The molecule has 0 aliphatic heterocycles. The molecular weight excluding hydrogens is 266 g/mol. The standard InChI is InChI=1S/C16H19N3O2/c1-2-3-5-12-7-9-13(10-8-12)21-14-6-4-11-18-15(14)16(17)19-20/h4,6-11,20H,2-3,5H2,1H3,(H2,17,19). The second-order valence-corrected chi connectivity index (χ2v) is 4.68. The number of unbranched alkanes of at least 4 members (excludes halogenated alkanes) is 1. The molecule has 0 radical (unpaired) electrons. The van der Waals surface area contributed by atoms with Crippen molar-refractivity contribution in [1.29, 1.82) is 0 Å². The van der Waals surface area contributed by atoms with E-state index in [9.17, 15) is 0 Å². The fourth-order valence-electron chi connectivity index (χ4n) is 1.94. The molecule has 0 fully saturated rings. The van der Waals surface area contributed by atoms with Crippen molar-refractivity contribution in [3.05, 3.63) is 53.9 Å². The molecule has 2 rings (SSSR count). The van der Waals surface area contributed by atoms with Crippen molar-refractivity contribution in [2.75, 3.05) is 0 Å². The Kier molecular flexibility index (Phi) is 5.15. The van der Waals surface area contributed by atoms with E-state index in [4.69, 9.17) is 15.7 Å². The number of ether oxygens (including phenoxy) is 1. The zero-order chi connectivity index (χ0) is 15.1. The molecule has 0 aliphatic carbocycles. The number of aromatic nitrogens is 1. The second-order valence-electron chi connectivity index (χ2n) is 4.68. The van der Waals surface area contributed by atoms with E-state index in [0.29, 0.717) is 17.2 Å². The lowest BCUT2D eigenvalue weighted by atomic mass is 10.1. The first kappa shape index (κ1) is 14.8. The highest BCUT2D eigenvalue weighted by atomic mass is 16.5. The van der Waals surface area contributed by atoms with Gasteiger partial charge in [-0.25, -0.2) is 4.98 Å². The maximum Gasteiger partial charge on any atom is 0.192 e.